The zero-order valence-corrected chi connectivity index (χ0v) is 26.4. The third-order valence-electron chi connectivity index (χ3n) is 7.87. The highest BCUT2D eigenvalue weighted by Gasteiger charge is 2.19. The van der Waals surface area contributed by atoms with Gasteiger partial charge in [-0.05, 0) is 54.3 Å². The van der Waals surface area contributed by atoms with Crippen molar-refractivity contribution in [3.63, 3.8) is 0 Å². The Morgan fingerprint density at radius 1 is 0.711 bits per heavy atom. The standard InChI is InChI=1S/C32H52ClN3S2/c1-2-3-4-5-6-7-8-9-10-11-12-13-14-15-16-20-27-36-31(28-23-25-29(33)26-24-28)34-35-32(36)38-37-30-21-18-17-19-22-30/h23-26,30H,2-22,27H2,1H3. The lowest BCUT2D eigenvalue weighted by molar-refractivity contribution is 0.515. The molecule has 0 aliphatic heterocycles. The van der Waals surface area contributed by atoms with Crippen molar-refractivity contribution in [2.45, 2.75) is 159 Å². The largest absolute Gasteiger partial charge is 0.301 e. The molecular weight excluding hydrogens is 526 g/mol. The first-order chi connectivity index (χ1) is 18.8. The molecule has 1 aromatic carbocycles. The fraction of sp³-hybridized carbons (Fsp3) is 0.750. The van der Waals surface area contributed by atoms with Crippen LogP contribution in [0.15, 0.2) is 29.4 Å². The van der Waals surface area contributed by atoms with E-state index in [0.29, 0.717) is 0 Å². The van der Waals surface area contributed by atoms with E-state index in [2.05, 4.69) is 33.8 Å². The van der Waals surface area contributed by atoms with Gasteiger partial charge in [-0.3, -0.25) is 0 Å². The molecule has 3 nitrogen and oxygen atoms in total. The first-order valence-electron chi connectivity index (χ1n) is 15.8. The Morgan fingerprint density at radius 2 is 1.24 bits per heavy atom. The summed E-state index contributed by atoms with van der Waals surface area (Å²) in [6.07, 6.45) is 29.2. The van der Waals surface area contributed by atoms with Gasteiger partial charge >= 0.3 is 0 Å². The molecule has 3 rings (SSSR count). The molecule has 214 valence electrons. The summed E-state index contributed by atoms with van der Waals surface area (Å²) in [5.41, 5.74) is 1.10. The summed E-state index contributed by atoms with van der Waals surface area (Å²) in [6.45, 7) is 3.29. The van der Waals surface area contributed by atoms with Crippen molar-refractivity contribution in [2.24, 2.45) is 0 Å². The lowest BCUT2D eigenvalue weighted by Gasteiger charge is -2.20. The Kier molecular flexibility index (Phi) is 17.0. The number of nitrogens with zero attached hydrogens (tertiary/aromatic N) is 3. The van der Waals surface area contributed by atoms with E-state index in [1.54, 1.807) is 0 Å². The minimum Gasteiger partial charge on any atom is -0.301 e. The number of aromatic nitrogens is 3. The lowest BCUT2D eigenvalue weighted by Crippen LogP contribution is -2.07. The van der Waals surface area contributed by atoms with Gasteiger partial charge in [-0.1, -0.05) is 145 Å². The molecule has 0 unspecified atom stereocenters. The molecule has 1 aliphatic rings. The predicted molar refractivity (Wildman–Crippen MR) is 170 cm³/mol. The second-order valence-electron chi connectivity index (χ2n) is 11.2. The van der Waals surface area contributed by atoms with Gasteiger partial charge in [0.2, 0.25) is 5.16 Å². The molecule has 0 atom stereocenters. The van der Waals surface area contributed by atoms with Gasteiger partial charge in [-0.15, -0.1) is 10.2 Å². The van der Waals surface area contributed by atoms with Crippen molar-refractivity contribution in [3.8, 4) is 11.4 Å². The quantitative estimate of drug-likeness (QED) is 0.109. The average molecular weight is 578 g/mol. The lowest BCUT2D eigenvalue weighted by atomic mass is 10.0. The van der Waals surface area contributed by atoms with E-state index in [1.807, 2.05) is 33.7 Å². The van der Waals surface area contributed by atoms with Crippen molar-refractivity contribution < 1.29 is 0 Å². The fourth-order valence-corrected chi connectivity index (χ4v) is 8.28. The van der Waals surface area contributed by atoms with Crippen molar-refractivity contribution >= 4 is 33.2 Å². The van der Waals surface area contributed by atoms with Gasteiger partial charge < -0.3 is 4.57 Å². The number of rotatable bonds is 21. The molecule has 0 radical (unpaired) electrons. The van der Waals surface area contributed by atoms with Crippen LogP contribution in [0.2, 0.25) is 5.02 Å². The van der Waals surface area contributed by atoms with Gasteiger partial charge in [0.25, 0.3) is 0 Å². The Hall–Kier alpha value is -0.650. The van der Waals surface area contributed by atoms with Crippen LogP contribution in [0.4, 0.5) is 0 Å². The average Bonchev–Trinajstić information content (AvgIpc) is 3.35. The number of halogens is 1. The molecule has 1 saturated carbocycles. The van der Waals surface area contributed by atoms with Crippen LogP contribution in [0.5, 0.6) is 0 Å². The predicted octanol–water partition coefficient (Wildman–Crippen LogP) is 11.9. The van der Waals surface area contributed by atoms with Gasteiger partial charge in [0.15, 0.2) is 5.82 Å². The fourth-order valence-electron chi connectivity index (χ4n) is 5.45. The first-order valence-corrected chi connectivity index (χ1v) is 18.4. The maximum atomic E-state index is 6.14. The van der Waals surface area contributed by atoms with E-state index in [1.165, 1.54) is 135 Å². The summed E-state index contributed by atoms with van der Waals surface area (Å²) in [6, 6.07) is 8.04. The molecule has 0 N–H and O–H groups in total. The summed E-state index contributed by atoms with van der Waals surface area (Å²) < 4.78 is 2.35. The second kappa shape index (κ2) is 20.3. The molecule has 0 bridgehead atoms. The maximum absolute atomic E-state index is 6.14. The van der Waals surface area contributed by atoms with Crippen LogP contribution in [0.1, 0.15) is 142 Å². The SMILES string of the molecule is CCCCCCCCCCCCCCCCCCn1c(SSC2CCCCC2)nnc1-c1ccc(Cl)cc1. The number of hydrogen-bond donors (Lipinski definition) is 0. The minimum absolute atomic E-state index is 0.758. The topological polar surface area (TPSA) is 30.7 Å². The van der Waals surface area contributed by atoms with Crippen LogP contribution in [0.25, 0.3) is 11.4 Å². The van der Waals surface area contributed by atoms with E-state index in [0.717, 1.165) is 33.4 Å². The van der Waals surface area contributed by atoms with E-state index < -0.39 is 0 Å². The first kappa shape index (κ1) is 31.9. The van der Waals surface area contributed by atoms with Gasteiger partial charge in [-0.25, -0.2) is 0 Å². The molecule has 1 aliphatic carbocycles. The van der Waals surface area contributed by atoms with Crippen LogP contribution >= 0.6 is 33.2 Å². The van der Waals surface area contributed by atoms with E-state index in [4.69, 9.17) is 11.6 Å². The molecule has 38 heavy (non-hydrogen) atoms. The summed E-state index contributed by atoms with van der Waals surface area (Å²) in [7, 11) is 3.85. The molecule has 6 heteroatoms. The molecule has 1 aromatic heterocycles. The van der Waals surface area contributed by atoms with Crippen LogP contribution in [0.3, 0.4) is 0 Å². The second-order valence-corrected chi connectivity index (χ2v) is 14.1. The van der Waals surface area contributed by atoms with Gasteiger partial charge in [-0.2, -0.15) is 0 Å². The van der Waals surface area contributed by atoms with Crippen molar-refractivity contribution in [3.05, 3.63) is 29.3 Å². The van der Waals surface area contributed by atoms with E-state index in [-0.39, 0.29) is 0 Å². The molecule has 2 aromatic rings. The van der Waals surface area contributed by atoms with Gasteiger partial charge in [0.1, 0.15) is 0 Å². The zero-order chi connectivity index (χ0) is 26.7. The van der Waals surface area contributed by atoms with Crippen LogP contribution in [-0.2, 0) is 6.54 Å². The Morgan fingerprint density at radius 3 is 1.79 bits per heavy atom. The maximum Gasteiger partial charge on any atom is 0.202 e. The van der Waals surface area contributed by atoms with Gasteiger partial charge in [0, 0.05) is 22.4 Å². The van der Waals surface area contributed by atoms with Crippen molar-refractivity contribution in [2.75, 3.05) is 0 Å². The number of hydrogen-bond acceptors (Lipinski definition) is 4. The van der Waals surface area contributed by atoms with Gasteiger partial charge in [0.05, 0.1) is 0 Å². The number of benzene rings is 1. The molecule has 0 saturated heterocycles. The van der Waals surface area contributed by atoms with E-state index >= 15 is 0 Å². The highest BCUT2D eigenvalue weighted by Crippen LogP contribution is 2.40. The van der Waals surface area contributed by atoms with Crippen molar-refractivity contribution in [1.29, 1.82) is 0 Å². The molecular formula is C32H52ClN3S2. The summed E-state index contributed by atoms with van der Waals surface area (Å²) >= 11 is 6.14. The zero-order valence-electron chi connectivity index (χ0n) is 24.0. The van der Waals surface area contributed by atoms with Crippen molar-refractivity contribution in [1.82, 2.24) is 14.8 Å². The third-order valence-corrected chi connectivity index (χ3v) is 11.0. The minimum atomic E-state index is 0.758. The van der Waals surface area contributed by atoms with E-state index in [9.17, 15) is 0 Å². The molecule has 0 spiro atoms. The highest BCUT2D eigenvalue weighted by atomic mass is 35.5. The van der Waals surface area contributed by atoms with Crippen LogP contribution in [-0.4, -0.2) is 20.0 Å². The molecule has 1 heterocycles. The summed E-state index contributed by atoms with van der Waals surface area (Å²) in [5.74, 6) is 0.981. The monoisotopic (exact) mass is 577 g/mol. The molecule has 1 fully saturated rings. The third kappa shape index (κ3) is 12.7. The Labute approximate surface area is 246 Å². The van der Waals surface area contributed by atoms with Crippen LogP contribution in [0, 0.1) is 0 Å². The Bertz CT molecular complexity index is 849. The summed E-state index contributed by atoms with van der Waals surface area (Å²) in [5, 5.41) is 11.8. The molecule has 0 amide bonds. The smallest absolute Gasteiger partial charge is 0.202 e. The Balaban J connectivity index is 1.31. The number of unbranched alkanes of at least 4 members (excludes halogenated alkanes) is 15. The highest BCUT2D eigenvalue weighted by molar-refractivity contribution is 8.76. The summed E-state index contributed by atoms with van der Waals surface area (Å²) in [4.78, 5) is 0. The van der Waals surface area contributed by atoms with Crippen LogP contribution < -0.4 is 0 Å². The normalized spacial score (nSPS) is 14.4.